The molecular weight excluding hydrogens is 403 g/mol. The van der Waals surface area contributed by atoms with Crippen molar-refractivity contribution in [2.75, 3.05) is 11.5 Å². The van der Waals surface area contributed by atoms with Crippen molar-refractivity contribution in [1.29, 1.82) is 0 Å². The maximum absolute atomic E-state index is 12.3. The van der Waals surface area contributed by atoms with E-state index in [0.29, 0.717) is 26.9 Å². The maximum atomic E-state index is 12.3. The number of halogens is 2. The fraction of sp³-hybridized carbons (Fsp3) is 0.125. The molecule has 9 heteroatoms. The van der Waals surface area contributed by atoms with E-state index in [1.54, 1.807) is 36.4 Å². The molecule has 25 heavy (non-hydrogen) atoms. The molecule has 0 atom stereocenters. The van der Waals surface area contributed by atoms with E-state index in [9.17, 15) is 8.42 Å². The summed E-state index contributed by atoms with van der Waals surface area (Å²) in [7, 11) is -3.38. The number of nitrogens with zero attached hydrogens (tertiary/aromatic N) is 2. The molecule has 5 nitrogen and oxygen atoms in total. The average Bonchev–Trinajstić information content (AvgIpc) is 3.04. The van der Waals surface area contributed by atoms with E-state index in [2.05, 4.69) is 10.2 Å². The normalized spacial score (nSPS) is 11.6. The predicted molar refractivity (Wildman–Crippen MR) is 99.0 cm³/mol. The van der Waals surface area contributed by atoms with E-state index < -0.39 is 9.84 Å². The second-order valence-corrected chi connectivity index (χ2v) is 9.03. The summed E-state index contributed by atoms with van der Waals surface area (Å²) >= 11 is 12.8. The predicted octanol–water partition coefficient (Wildman–Crippen LogP) is 4.61. The van der Waals surface area contributed by atoms with Gasteiger partial charge in [0.15, 0.2) is 9.84 Å². The molecular formula is C16H12Cl2N2O3S2. The molecule has 1 aromatic heterocycles. The molecule has 0 amide bonds. The lowest BCUT2D eigenvalue weighted by Gasteiger charge is -2.03. The number of thioether (sulfide) groups is 1. The molecule has 0 N–H and O–H groups in total. The molecule has 0 bridgehead atoms. The molecule has 3 rings (SSSR count). The minimum absolute atomic E-state index is 0.0437. The lowest BCUT2D eigenvalue weighted by atomic mass is 10.2. The van der Waals surface area contributed by atoms with Crippen LogP contribution >= 0.6 is 35.0 Å². The van der Waals surface area contributed by atoms with Gasteiger partial charge in [-0.05, 0) is 48.5 Å². The van der Waals surface area contributed by atoms with Crippen molar-refractivity contribution in [2.45, 2.75) is 10.1 Å². The van der Waals surface area contributed by atoms with E-state index in [-0.39, 0.29) is 10.6 Å². The van der Waals surface area contributed by atoms with E-state index >= 15 is 0 Å². The van der Waals surface area contributed by atoms with Gasteiger partial charge in [0.2, 0.25) is 5.89 Å². The lowest BCUT2D eigenvalue weighted by molar-refractivity contribution is 0.466. The number of aromatic nitrogens is 2. The zero-order valence-electron chi connectivity index (χ0n) is 12.7. The van der Waals surface area contributed by atoms with Crippen LogP contribution in [0.1, 0.15) is 0 Å². The molecule has 130 valence electrons. The number of hydrogen-bond donors (Lipinski definition) is 0. The third-order valence-corrected chi connectivity index (χ3v) is 6.56. The van der Waals surface area contributed by atoms with Gasteiger partial charge < -0.3 is 4.42 Å². The number of sulfone groups is 1. The largest absolute Gasteiger partial charge is 0.411 e. The van der Waals surface area contributed by atoms with E-state index in [1.165, 1.54) is 23.9 Å². The summed E-state index contributed by atoms with van der Waals surface area (Å²) in [6.07, 6.45) is 0. The fourth-order valence-corrected chi connectivity index (χ4v) is 4.64. The lowest BCUT2D eigenvalue weighted by Crippen LogP contribution is -2.08. The highest BCUT2D eigenvalue weighted by Gasteiger charge is 2.16. The summed E-state index contributed by atoms with van der Waals surface area (Å²) in [6.45, 7) is 0. The highest BCUT2D eigenvalue weighted by molar-refractivity contribution is 8.00. The molecule has 0 fully saturated rings. The Hall–Kier alpha value is -1.54. The third kappa shape index (κ3) is 4.76. The van der Waals surface area contributed by atoms with Crippen LogP contribution in [0.2, 0.25) is 10.0 Å². The molecule has 0 aliphatic carbocycles. The van der Waals surface area contributed by atoms with Crippen LogP contribution in [0.25, 0.3) is 11.5 Å². The van der Waals surface area contributed by atoms with Gasteiger partial charge in [-0.25, -0.2) is 8.42 Å². The molecule has 0 spiro atoms. The van der Waals surface area contributed by atoms with Gasteiger partial charge >= 0.3 is 0 Å². The van der Waals surface area contributed by atoms with Crippen LogP contribution in [0.3, 0.4) is 0 Å². The Balaban J connectivity index is 1.61. The van der Waals surface area contributed by atoms with Crippen molar-refractivity contribution in [1.82, 2.24) is 10.2 Å². The first kappa shape index (κ1) is 18.3. The molecule has 0 unspecified atom stereocenters. The highest BCUT2D eigenvalue weighted by Crippen LogP contribution is 2.25. The first-order valence-corrected chi connectivity index (χ1v) is 10.5. The number of hydrogen-bond acceptors (Lipinski definition) is 6. The topological polar surface area (TPSA) is 73.1 Å². The van der Waals surface area contributed by atoms with Gasteiger partial charge in [0.25, 0.3) is 5.22 Å². The molecule has 0 radical (unpaired) electrons. The van der Waals surface area contributed by atoms with Crippen molar-refractivity contribution in [3.8, 4) is 11.5 Å². The summed E-state index contributed by atoms with van der Waals surface area (Å²) in [4.78, 5) is 0.241. The Morgan fingerprint density at radius 3 is 2.16 bits per heavy atom. The summed E-state index contributed by atoms with van der Waals surface area (Å²) in [5.74, 6) is 0.616. The maximum Gasteiger partial charge on any atom is 0.276 e. The summed E-state index contributed by atoms with van der Waals surface area (Å²) in [5.41, 5.74) is 0.748. The zero-order chi connectivity index (χ0) is 17.9. The molecule has 0 saturated heterocycles. The SMILES string of the molecule is O=S(=O)(CCSc1nnc(-c2ccc(Cl)cc2)o1)c1ccc(Cl)cc1. The van der Waals surface area contributed by atoms with Crippen LogP contribution in [0.4, 0.5) is 0 Å². The van der Waals surface area contributed by atoms with Gasteiger partial charge in [-0.15, -0.1) is 10.2 Å². The average molecular weight is 415 g/mol. The van der Waals surface area contributed by atoms with Crippen LogP contribution in [0, 0.1) is 0 Å². The monoisotopic (exact) mass is 414 g/mol. The Labute approximate surface area is 159 Å². The Bertz CT molecular complexity index is 956. The summed E-state index contributed by atoms with van der Waals surface area (Å²) in [6, 6.07) is 13.1. The molecule has 3 aromatic rings. The van der Waals surface area contributed by atoms with Crippen molar-refractivity contribution < 1.29 is 12.8 Å². The molecule has 0 saturated carbocycles. The van der Waals surface area contributed by atoms with Crippen LogP contribution in [0.15, 0.2) is 63.1 Å². The molecule has 0 aliphatic rings. The standard InChI is InChI=1S/C16H12Cl2N2O3S2/c17-12-3-1-11(2-4-12)15-19-20-16(23-15)24-9-10-25(21,22)14-7-5-13(18)6-8-14/h1-8H,9-10H2. The van der Waals surface area contributed by atoms with Gasteiger partial charge in [0, 0.05) is 21.4 Å². The van der Waals surface area contributed by atoms with Crippen molar-refractivity contribution in [3.05, 3.63) is 58.6 Å². The Morgan fingerprint density at radius 2 is 1.52 bits per heavy atom. The second-order valence-electron chi connectivity index (χ2n) is 5.00. The van der Waals surface area contributed by atoms with Crippen molar-refractivity contribution in [2.24, 2.45) is 0 Å². The quantitative estimate of drug-likeness (QED) is 0.548. The van der Waals surface area contributed by atoms with Crippen molar-refractivity contribution in [3.63, 3.8) is 0 Å². The summed E-state index contributed by atoms with van der Waals surface area (Å²) in [5, 5.41) is 9.30. The smallest absolute Gasteiger partial charge is 0.276 e. The van der Waals surface area contributed by atoms with Gasteiger partial charge in [0.05, 0.1) is 10.6 Å². The molecule has 0 aliphatic heterocycles. The van der Waals surface area contributed by atoms with E-state index in [1.807, 2.05) is 0 Å². The summed E-state index contributed by atoms with van der Waals surface area (Å²) < 4.78 is 30.0. The van der Waals surface area contributed by atoms with Gasteiger partial charge in [-0.2, -0.15) is 0 Å². The highest BCUT2D eigenvalue weighted by atomic mass is 35.5. The first-order chi connectivity index (χ1) is 11.9. The first-order valence-electron chi connectivity index (χ1n) is 7.15. The minimum atomic E-state index is -3.38. The number of benzene rings is 2. The minimum Gasteiger partial charge on any atom is -0.411 e. The van der Waals surface area contributed by atoms with Gasteiger partial charge in [-0.1, -0.05) is 35.0 Å². The van der Waals surface area contributed by atoms with Crippen LogP contribution in [0.5, 0.6) is 0 Å². The van der Waals surface area contributed by atoms with Crippen LogP contribution in [-0.4, -0.2) is 30.1 Å². The van der Waals surface area contributed by atoms with Crippen LogP contribution < -0.4 is 0 Å². The fourth-order valence-electron chi connectivity index (χ4n) is 1.98. The second kappa shape index (κ2) is 7.78. The van der Waals surface area contributed by atoms with E-state index in [4.69, 9.17) is 27.6 Å². The Kier molecular flexibility index (Phi) is 5.68. The molecule has 2 aromatic carbocycles. The van der Waals surface area contributed by atoms with Gasteiger partial charge in [-0.3, -0.25) is 0 Å². The zero-order valence-corrected chi connectivity index (χ0v) is 15.9. The van der Waals surface area contributed by atoms with Gasteiger partial charge in [0.1, 0.15) is 0 Å². The number of rotatable bonds is 6. The Morgan fingerprint density at radius 1 is 0.920 bits per heavy atom. The molecule has 1 heterocycles. The van der Waals surface area contributed by atoms with Crippen molar-refractivity contribution >= 4 is 44.8 Å². The van der Waals surface area contributed by atoms with Crippen LogP contribution in [-0.2, 0) is 9.84 Å². The van der Waals surface area contributed by atoms with E-state index in [0.717, 1.165) is 5.56 Å². The third-order valence-electron chi connectivity index (χ3n) is 3.25.